The molecule has 0 amide bonds. The van der Waals surface area contributed by atoms with Crippen molar-refractivity contribution in [2.24, 2.45) is 0 Å². The molecule has 0 aliphatic carbocycles. The minimum atomic E-state index is 0. The zero-order valence-corrected chi connectivity index (χ0v) is 10.5. The van der Waals surface area contributed by atoms with Crippen molar-refractivity contribution < 1.29 is 0 Å². The summed E-state index contributed by atoms with van der Waals surface area (Å²) < 4.78 is 0. The smallest absolute Gasteiger partial charge is 0.0423 e. The van der Waals surface area contributed by atoms with E-state index in [4.69, 9.17) is 23.2 Å². The molecule has 0 N–H and O–H groups in total. The SMILES string of the molecule is CC(C)c1cc(Cl)cc(Cl)c1.Cl.Cl. The minimum Gasteiger partial charge on any atom is -0.147 e. The zero-order valence-electron chi connectivity index (χ0n) is 7.38. The van der Waals surface area contributed by atoms with E-state index < -0.39 is 0 Å². The van der Waals surface area contributed by atoms with Crippen LogP contribution in [0.5, 0.6) is 0 Å². The molecule has 1 rings (SSSR count). The summed E-state index contributed by atoms with van der Waals surface area (Å²) in [6.07, 6.45) is 0. The van der Waals surface area contributed by atoms with Crippen LogP contribution in [0.4, 0.5) is 0 Å². The van der Waals surface area contributed by atoms with Crippen LogP contribution in [-0.4, -0.2) is 0 Å². The summed E-state index contributed by atoms with van der Waals surface area (Å²) in [6.45, 7) is 4.23. The topological polar surface area (TPSA) is 0 Å². The van der Waals surface area contributed by atoms with Gasteiger partial charge in [0.2, 0.25) is 0 Å². The highest BCUT2D eigenvalue weighted by Crippen LogP contribution is 2.23. The van der Waals surface area contributed by atoms with Crippen molar-refractivity contribution in [3.8, 4) is 0 Å². The number of rotatable bonds is 1. The van der Waals surface area contributed by atoms with Crippen molar-refractivity contribution >= 4 is 48.0 Å². The summed E-state index contributed by atoms with van der Waals surface area (Å²) in [4.78, 5) is 0. The van der Waals surface area contributed by atoms with Crippen LogP contribution in [0.1, 0.15) is 25.3 Å². The van der Waals surface area contributed by atoms with Crippen LogP contribution < -0.4 is 0 Å². The Labute approximate surface area is 101 Å². The maximum Gasteiger partial charge on any atom is 0.0423 e. The van der Waals surface area contributed by atoms with Crippen LogP contribution in [0.3, 0.4) is 0 Å². The maximum atomic E-state index is 5.81. The molecule has 0 spiro atoms. The Morgan fingerprint density at radius 3 is 1.62 bits per heavy atom. The molecule has 0 unspecified atom stereocenters. The number of benzene rings is 1. The van der Waals surface area contributed by atoms with E-state index in [1.165, 1.54) is 5.56 Å². The van der Waals surface area contributed by atoms with Crippen molar-refractivity contribution in [3.63, 3.8) is 0 Å². The van der Waals surface area contributed by atoms with E-state index in [-0.39, 0.29) is 24.8 Å². The number of hydrogen-bond acceptors (Lipinski definition) is 0. The van der Waals surface area contributed by atoms with Gasteiger partial charge in [0.05, 0.1) is 0 Å². The summed E-state index contributed by atoms with van der Waals surface area (Å²) in [5.41, 5.74) is 1.18. The molecular formula is C9H12Cl4. The van der Waals surface area contributed by atoms with Gasteiger partial charge in [0.25, 0.3) is 0 Å². The highest BCUT2D eigenvalue weighted by molar-refractivity contribution is 6.34. The molecule has 13 heavy (non-hydrogen) atoms. The molecule has 0 saturated heterocycles. The lowest BCUT2D eigenvalue weighted by Crippen LogP contribution is -1.86. The third-order valence-electron chi connectivity index (χ3n) is 1.55. The molecule has 0 heterocycles. The van der Waals surface area contributed by atoms with E-state index in [0.29, 0.717) is 16.0 Å². The molecule has 0 fully saturated rings. The standard InChI is InChI=1S/C9H10Cl2.2ClH/c1-6(2)7-3-8(10)5-9(11)4-7;;/h3-6H,1-2H3;2*1H. The van der Waals surface area contributed by atoms with Crippen molar-refractivity contribution in [1.82, 2.24) is 0 Å². The second kappa shape index (κ2) is 6.78. The van der Waals surface area contributed by atoms with Gasteiger partial charge in [-0.05, 0) is 29.7 Å². The van der Waals surface area contributed by atoms with Crippen molar-refractivity contribution in [3.05, 3.63) is 33.8 Å². The van der Waals surface area contributed by atoms with E-state index in [2.05, 4.69) is 13.8 Å². The van der Waals surface area contributed by atoms with Crippen LogP contribution in [0.25, 0.3) is 0 Å². The molecule has 0 aliphatic heterocycles. The Morgan fingerprint density at radius 1 is 0.923 bits per heavy atom. The fourth-order valence-electron chi connectivity index (χ4n) is 0.908. The van der Waals surface area contributed by atoms with Gasteiger partial charge in [-0.2, -0.15) is 0 Å². The molecule has 0 atom stereocenters. The van der Waals surface area contributed by atoms with E-state index in [0.717, 1.165) is 0 Å². The first-order valence-electron chi connectivity index (χ1n) is 3.55. The summed E-state index contributed by atoms with van der Waals surface area (Å²) >= 11 is 11.6. The first-order valence-corrected chi connectivity index (χ1v) is 4.31. The minimum absolute atomic E-state index is 0. The highest BCUT2D eigenvalue weighted by atomic mass is 35.5. The summed E-state index contributed by atoms with van der Waals surface area (Å²) in [5, 5.41) is 1.42. The Bertz CT molecular complexity index is 238. The van der Waals surface area contributed by atoms with Crippen LogP contribution in [-0.2, 0) is 0 Å². The first-order chi connectivity index (χ1) is 5.09. The summed E-state index contributed by atoms with van der Waals surface area (Å²) in [5.74, 6) is 0.478. The monoisotopic (exact) mass is 260 g/mol. The van der Waals surface area contributed by atoms with Gasteiger partial charge in [-0.3, -0.25) is 0 Å². The Hall–Kier alpha value is 0.380. The molecule has 0 aromatic heterocycles. The van der Waals surface area contributed by atoms with Crippen molar-refractivity contribution in [2.45, 2.75) is 19.8 Å². The van der Waals surface area contributed by atoms with Gasteiger partial charge in [0, 0.05) is 10.0 Å². The molecule has 76 valence electrons. The predicted octanol–water partition coefficient (Wildman–Crippen LogP) is 4.96. The van der Waals surface area contributed by atoms with E-state index in [1.54, 1.807) is 6.07 Å². The quantitative estimate of drug-likeness (QED) is 0.670. The van der Waals surface area contributed by atoms with Crippen LogP contribution >= 0.6 is 48.0 Å². The molecule has 0 aliphatic rings. The summed E-state index contributed by atoms with van der Waals surface area (Å²) in [6, 6.07) is 5.63. The molecule has 1 aromatic carbocycles. The van der Waals surface area contributed by atoms with Gasteiger partial charge in [0.1, 0.15) is 0 Å². The van der Waals surface area contributed by atoms with E-state index in [9.17, 15) is 0 Å². The van der Waals surface area contributed by atoms with Gasteiger partial charge in [-0.25, -0.2) is 0 Å². The zero-order chi connectivity index (χ0) is 8.43. The van der Waals surface area contributed by atoms with Crippen molar-refractivity contribution in [1.29, 1.82) is 0 Å². The van der Waals surface area contributed by atoms with E-state index >= 15 is 0 Å². The largest absolute Gasteiger partial charge is 0.147 e. The highest BCUT2D eigenvalue weighted by Gasteiger charge is 2.01. The number of halogens is 4. The van der Waals surface area contributed by atoms with Gasteiger partial charge in [0.15, 0.2) is 0 Å². The molecule has 4 heteroatoms. The van der Waals surface area contributed by atoms with E-state index in [1.807, 2.05) is 12.1 Å². The predicted molar refractivity (Wildman–Crippen MR) is 65.0 cm³/mol. The average molecular weight is 262 g/mol. The Balaban J connectivity index is 0. The Kier molecular flexibility index (Phi) is 8.26. The first kappa shape index (κ1) is 15.8. The summed E-state index contributed by atoms with van der Waals surface area (Å²) in [7, 11) is 0. The molecule has 0 saturated carbocycles. The molecular weight excluding hydrogens is 250 g/mol. The lowest BCUT2D eigenvalue weighted by Gasteiger charge is -2.05. The number of hydrogen-bond donors (Lipinski definition) is 0. The Morgan fingerprint density at radius 2 is 1.31 bits per heavy atom. The molecule has 0 bridgehead atoms. The third kappa shape index (κ3) is 4.97. The van der Waals surface area contributed by atoms with Gasteiger partial charge in [-0.1, -0.05) is 37.0 Å². The fraction of sp³-hybridized carbons (Fsp3) is 0.333. The maximum absolute atomic E-state index is 5.81. The third-order valence-corrected chi connectivity index (χ3v) is 1.99. The van der Waals surface area contributed by atoms with Crippen LogP contribution in [0.15, 0.2) is 18.2 Å². The van der Waals surface area contributed by atoms with Gasteiger partial charge < -0.3 is 0 Å². The van der Waals surface area contributed by atoms with Crippen LogP contribution in [0.2, 0.25) is 10.0 Å². The molecule has 1 aromatic rings. The average Bonchev–Trinajstić information content (AvgIpc) is 1.85. The molecule has 0 nitrogen and oxygen atoms in total. The van der Waals surface area contributed by atoms with Gasteiger partial charge >= 0.3 is 0 Å². The van der Waals surface area contributed by atoms with Crippen LogP contribution in [0, 0.1) is 0 Å². The lowest BCUT2D eigenvalue weighted by molar-refractivity contribution is 0.867. The normalized spacial score (nSPS) is 9.00. The van der Waals surface area contributed by atoms with Gasteiger partial charge in [-0.15, -0.1) is 24.8 Å². The second-order valence-corrected chi connectivity index (χ2v) is 3.73. The second-order valence-electron chi connectivity index (χ2n) is 2.86. The lowest BCUT2D eigenvalue weighted by atomic mass is 10.0. The fourth-order valence-corrected chi connectivity index (χ4v) is 1.45. The van der Waals surface area contributed by atoms with Crippen molar-refractivity contribution in [2.75, 3.05) is 0 Å². The molecule has 0 radical (unpaired) electrons.